The van der Waals surface area contributed by atoms with Gasteiger partial charge in [0.2, 0.25) is 5.91 Å². The molecule has 0 aliphatic rings. The van der Waals surface area contributed by atoms with Crippen LogP contribution in [-0.2, 0) is 4.79 Å². The Morgan fingerprint density at radius 2 is 1.81 bits per heavy atom. The van der Waals surface area contributed by atoms with Crippen molar-refractivity contribution in [1.82, 2.24) is 0 Å². The van der Waals surface area contributed by atoms with E-state index < -0.39 is 0 Å². The normalized spacial score (nSPS) is 11.8. The predicted octanol–water partition coefficient (Wildman–Crippen LogP) is 4.27. The molecule has 0 spiro atoms. The quantitative estimate of drug-likeness (QED) is 0.881. The van der Waals surface area contributed by atoms with Crippen molar-refractivity contribution in [3.8, 4) is 0 Å². The van der Waals surface area contributed by atoms with Gasteiger partial charge in [0.1, 0.15) is 5.82 Å². The lowest BCUT2D eigenvalue weighted by Gasteiger charge is -2.17. The van der Waals surface area contributed by atoms with E-state index in [1.807, 2.05) is 32.0 Å². The van der Waals surface area contributed by atoms with Crippen LogP contribution in [0, 0.1) is 12.7 Å². The summed E-state index contributed by atoms with van der Waals surface area (Å²) in [5.74, 6) is -0.337. The molecule has 0 radical (unpaired) electrons. The summed E-state index contributed by atoms with van der Waals surface area (Å²) in [5, 5.41) is 6.15. The summed E-state index contributed by atoms with van der Waals surface area (Å²) < 4.78 is 12.9. The van der Waals surface area contributed by atoms with Gasteiger partial charge >= 0.3 is 0 Å². The van der Waals surface area contributed by atoms with E-state index in [2.05, 4.69) is 10.6 Å². The fraction of sp³-hybridized carbons (Fsp3) is 0.235. The van der Waals surface area contributed by atoms with E-state index in [1.54, 1.807) is 12.1 Å². The molecule has 0 aliphatic carbocycles. The van der Waals surface area contributed by atoms with Gasteiger partial charge < -0.3 is 10.6 Å². The zero-order valence-electron chi connectivity index (χ0n) is 12.4. The van der Waals surface area contributed by atoms with Gasteiger partial charge in [-0.15, -0.1) is 0 Å². The Balaban J connectivity index is 2.15. The summed E-state index contributed by atoms with van der Waals surface area (Å²) in [4.78, 5) is 11.2. The molecular weight excluding hydrogens is 267 g/mol. The Bertz CT molecular complexity index is 638. The molecule has 0 aromatic heterocycles. The fourth-order valence-electron chi connectivity index (χ4n) is 2.12. The number of hydrogen-bond acceptors (Lipinski definition) is 2. The van der Waals surface area contributed by atoms with Crippen LogP contribution in [0.2, 0.25) is 0 Å². The Morgan fingerprint density at radius 1 is 1.14 bits per heavy atom. The van der Waals surface area contributed by atoms with Gasteiger partial charge in [-0.05, 0) is 49.2 Å². The molecule has 21 heavy (non-hydrogen) atoms. The smallest absolute Gasteiger partial charge is 0.221 e. The van der Waals surface area contributed by atoms with Crippen molar-refractivity contribution in [2.45, 2.75) is 26.8 Å². The molecule has 1 atom stereocenters. The molecule has 3 nitrogen and oxygen atoms in total. The minimum absolute atomic E-state index is 0.0403. The number of anilines is 2. The van der Waals surface area contributed by atoms with E-state index in [4.69, 9.17) is 0 Å². The van der Waals surface area contributed by atoms with Gasteiger partial charge in [-0.25, -0.2) is 4.39 Å². The van der Waals surface area contributed by atoms with Gasteiger partial charge in [0.25, 0.3) is 0 Å². The van der Waals surface area contributed by atoms with Crippen molar-refractivity contribution in [1.29, 1.82) is 0 Å². The van der Waals surface area contributed by atoms with Crippen LogP contribution in [0.25, 0.3) is 0 Å². The predicted molar refractivity (Wildman–Crippen MR) is 83.9 cm³/mol. The van der Waals surface area contributed by atoms with Crippen molar-refractivity contribution in [2.24, 2.45) is 0 Å². The average molecular weight is 286 g/mol. The zero-order valence-corrected chi connectivity index (χ0v) is 12.4. The number of benzene rings is 2. The standard InChI is InChI=1S/C17H19FN2O/c1-11-4-9-16(10-17(11)20-13(3)21)19-12(2)14-5-7-15(18)8-6-14/h4-10,12,19H,1-3H3,(H,20,21). The summed E-state index contributed by atoms with van der Waals surface area (Å²) in [5.41, 5.74) is 3.70. The van der Waals surface area contributed by atoms with E-state index >= 15 is 0 Å². The highest BCUT2D eigenvalue weighted by Gasteiger charge is 2.07. The van der Waals surface area contributed by atoms with Crippen LogP contribution >= 0.6 is 0 Å². The highest BCUT2D eigenvalue weighted by Crippen LogP contribution is 2.24. The Hall–Kier alpha value is -2.36. The van der Waals surface area contributed by atoms with Gasteiger partial charge in [0, 0.05) is 24.3 Å². The molecule has 0 saturated carbocycles. The largest absolute Gasteiger partial charge is 0.378 e. The van der Waals surface area contributed by atoms with Crippen LogP contribution in [0.3, 0.4) is 0 Å². The molecule has 2 rings (SSSR count). The lowest BCUT2D eigenvalue weighted by Crippen LogP contribution is -2.09. The topological polar surface area (TPSA) is 41.1 Å². The van der Waals surface area contributed by atoms with Crippen LogP contribution in [0.5, 0.6) is 0 Å². The molecule has 2 aromatic rings. The van der Waals surface area contributed by atoms with Gasteiger partial charge in [-0.2, -0.15) is 0 Å². The summed E-state index contributed by atoms with van der Waals surface area (Å²) >= 11 is 0. The number of nitrogens with one attached hydrogen (secondary N) is 2. The Morgan fingerprint density at radius 3 is 2.43 bits per heavy atom. The number of aryl methyl sites for hydroxylation is 1. The van der Waals surface area contributed by atoms with Gasteiger partial charge in [0.15, 0.2) is 0 Å². The molecule has 0 aliphatic heterocycles. The number of halogens is 1. The molecule has 1 unspecified atom stereocenters. The second-order valence-corrected chi connectivity index (χ2v) is 5.13. The summed E-state index contributed by atoms with van der Waals surface area (Å²) in [7, 11) is 0. The molecule has 1 amide bonds. The molecule has 0 bridgehead atoms. The Labute approximate surface area is 124 Å². The second kappa shape index (κ2) is 6.39. The summed E-state index contributed by atoms with van der Waals surface area (Å²) in [6, 6.07) is 12.3. The third-order valence-corrected chi connectivity index (χ3v) is 3.30. The maximum absolute atomic E-state index is 12.9. The third-order valence-electron chi connectivity index (χ3n) is 3.30. The molecule has 0 heterocycles. The van der Waals surface area contributed by atoms with E-state index in [-0.39, 0.29) is 17.8 Å². The maximum atomic E-state index is 12.9. The molecule has 2 aromatic carbocycles. The van der Waals surface area contributed by atoms with Crippen LogP contribution in [0.4, 0.5) is 15.8 Å². The lowest BCUT2D eigenvalue weighted by atomic mass is 10.1. The van der Waals surface area contributed by atoms with Gasteiger partial charge in [-0.3, -0.25) is 4.79 Å². The SMILES string of the molecule is CC(=O)Nc1cc(NC(C)c2ccc(F)cc2)ccc1C. The highest BCUT2D eigenvalue weighted by atomic mass is 19.1. The third kappa shape index (κ3) is 4.05. The minimum Gasteiger partial charge on any atom is -0.378 e. The highest BCUT2D eigenvalue weighted by molar-refractivity contribution is 5.90. The first-order valence-electron chi connectivity index (χ1n) is 6.86. The second-order valence-electron chi connectivity index (χ2n) is 5.13. The number of amides is 1. The fourth-order valence-corrected chi connectivity index (χ4v) is 2.12. The first-order valence-corrected chi connectivity index (χ1v) is 6.86. The number of carbonyl (C=O) groups is 1. The number of carbonyl (C=O) groups excluding carboxylic acids is 1. The molecule has 0 saturated heterocycles. The van der Waals surface area contributed by atoms with Gasteiger partial charge in [-0.1, -0.05) is 18.2 Å². The number of rotatable bonds is 4. The maximum Gasteiger partial charge on any atom is 0.221 e. The first kappa shape index (κ1) is 15.0. The van der Waals surface area contributed by atoms with E-state index in [9.17, 15) is 9.18 Å². The van der Waals surface area contributed by atoms with E-state index in [0.29, 0.717) is 0 Å². The lowest BCUT2D eigenvalue weighted by molar-refractivity contribution is -0.114. The first-order chi connectivity index (χ1) is 9.95. The molecule has 110 valence electrons. The molecule has 2 N–H and O–H groups in total. The van der Waals surface area contributed by atoms with Crippen molar-refractivity contribution in [3.63, 3.8) is 0 Å². The number of hydrogen-bond donors (Lipinski definition) is 2. The van der Waals surface area contributed by atoms with Crippen LogP contribution in [0.15, 0.2) is 42.5 Å². The van der Waals surface area contributed by atoms with E-state index in [0.717, 1.165) is 22.5 Å². The van der Waals surface area contributed by atoms with Crippen molar-refractivity contribution < 1.29 is 9.18 Å². The molecular formula is C17H19FN2O. The minimum atomic E-state index is -0.241. The summed E-state index contributed by atoms with van der Waals surface area (Å²) in [6.45, 7) is 5.43. The van der Waals surface area contributed by atoms with E-state index in [1.165, 1.54) is 19.1 Å². The zero-order chi connectivity index (χ0) is 15.4. The van der Waals surface area contributed by atoms with Crippen LogP contribution < -0.4 is 10.6 Å². The van der Waals surface area contributed by atoms with Crippen molar-refractivity contribution in [3.05, 3.63) is 59.4 Å². The molecule has 4 heteroatoms. The monoisotopic (exact) mass is 286 g/mol. The van der Waals surface area contributed by atoms with Crippen LogP contribution in [0.1, 0.15) is 31.0 Å². The average Bonchev–Trinajstić information content (AvgIpc) is 2.42. The van der Waals surface area contributed by atoms with Gasteiger partial charge in [0.05, 0.1) is 0 Å². The summed E-state index contributed by atoms with van der Waals surface area (Å²) in [6.07, 6.45) is 0. The van der Waals surface area contributed by atoms with Crippen molar-refractivity contribution >= 4 is 17.3 Å². The van der Waals surface area contributed by atoms with Crippen LogP contribution in [-0.4, -0.2) is 5.91 Å². The van der Waals surface area contributed by atoms with Crippen molar-refractivity contribution in [2.75, 3.05) is 10.6 Å². The molecule has 0 fully saturated rings. The Kier molecular flexibility index (Phi) is 4.58.